The predicted octanol–water partition coefficient (Wildman–Crippen LogP) is 1.92. The van der Waals surface area contributed by atoms with Gasteiger partial charge in [-0.2, -0.15) is 5.09 Å². The molecule has 4 N–H and O–H groups in total. The fraction of sp³-hybridized carbons (Fsp3) is 0.450. The number of ether oxygens (including phenoxy) is 2. The van der Waals surface area contributed by atoms with E-state index in [2.05, 4.69) is 14.8 Å². The zero-order valence-electron chi connectivity index (χ0n) is 18.9. The van der Waals surface area contributed by atoms with Crippen molar-refractivity contribution in [1.82, 2.24) is 14.6 Å². The number of carbonyl (C=O) groups is 1. The van der Waals surface area contributed by atoms with Crippen molar-refractivity contribution in [3.8, 4) is 5.75 Å². The molecule has 1 aromatic heterocycles. The summed E-state index contributed by atoms with van der Waals surface area (Å²) in [5, 5.41) is 24.5. The first-order valence-electron chi connectivity index (χ1n) is 10.3. The number of hydrogen-bond donors (Lipinski definition) is 4. The first-order chi connectivity index (χ1) is 16.4. The Labute approximate surface area is 210 Å². The smallest absolute Gasteiger partial charge is 0.459 e. The highest BCUT2D eigenvalue weighted by Gasteiger charge is 2.53. The Hall–Kier alpha value is -2.09. The van der Waals surface area contributed by atoms with Crippen LogP contribution < -0.4 is 15.2 Å². The minimum absolute atomic E-state index is 0.0399. The minimum atomic E-state index is -4.25. The molecule has 1 aliphatic heterocycles. The van der Waals surface area contributed by atoms with Crippen molar-refractivity contribution in [2.24, 2.45) is 0 Å². The minimum Gasteiger partial charge on any atom is -0.468 e. The largest absolute Gasteiger partial charge is 0.468 e. The molecular formula is C20H25ClN3O9PS. The van der Waals surface area contributed by atoms with E-state index in [4.69, 9.17) is 37.6 Å². The maximum absolute atomic E-state index is 13.5. The van der Waals surface area contributed by atoms with Crippen molar-refractivity contribution in [2.75, 3.05) is 13.7 Å². The molecule has 2 heterocycles. The lowest BCUT2D eigenvalue weighted by Gasteiger charge is -2.28. The molecule has 0 spiro atoms. The lowest BCUT2D eigenvalue weighted by Crippen LogP contribution is -2.45. The number of aromatic nitrogens is 2. The van der Waals surface area contributed by atoms with Crippen LogP contribution in [0.25, 0.3) is 0 Å². The molecule has 6 atom stereocenters. The van der Waals surface area contributed by atoms with Crippen molar-refractivity contribution in [1.29, 1.82) is 0 Å². The number of hydrogen-bond acceptors (Lipinski definition) is 10. The Bertz CT molecular complexity index is 1220. The number of nitrogens with zero attached hydrogens (tertiary/aromatic N) is 1. The van der Waals surface area contributed by atoms with Crippen LogP contribution in [-0.4, -0.2) is 63.3 Å². The number of benzene rings is 1. The number of rotatable bonds is 9. The Morgan fingerprint density at radius 3 is 2.66 bits per heavy atom. The summed E-state index contributed by atoms with van der Waals surface area (Å²) in [6.45, 7) is 2.19. The number of carbonyl (C=O) groups excluding carboxylic acids is 1. The van der Waals surface area contributed by atoms with E-state index < -0.39 is 56.0 Å². The Morgan fingerprint density at radius 1 is 1.40 bits per heavy atom. The van der Waals surface area contributed by atoms with Crippen LogP contribution in [0.2, 0.25) is 5.02 Å². The van der Waals surface area contributed by atoms with Gasteiger partial charge in [-0.3, -0.25) is 23.7 Å². The molecular weight excluding hydrogens is 525 g/mol. The fourth-order valence-electron chi connectivity index (χ4n) is 3.35. The second-order valence-electron chi connectivity index (χ2n) is 7.93. The number of aliphatic hydroxyl groups is 2. The maximum atomic E-state index is 13.5. The van der Waals surface area contributed by atoms with E-state index in [1.165, 1.54) is 62.1 Å². The second kappa shape index (κ2) is 10.9. The molecule has 15 heteroatoms. The SMILES string of the molecule is COC(=O)[C@H](C)N[P@@](=O)(OC[C@H]1O[C@@H](n2ccc(=O)[nH]c2=S)[C@](C)(O)C1O)Oc1ccc(Cl)cc1. The summed E-state index contributed by atoms with van der Waals surface area (Å²) in [6, 6.07) is 6.00. The summed E-state index contributed by atoms with van der Waals surface area (Å²) in [5.74, 6) is -0.597. The van der Waals surface area contributed by atoms with Crippen LogP contribution in [0.15, 0.2) is 41.3 Å². The van der Waals surface area contributed by atoms with Gasteiger partial charge in [0.1, 0.15) is 29.6 Å². The van der Waals surface area contributed by atoms with Crippen molar-refractivity contribution >= 4 is 37.5 Å². The van der Waals surface area contributed by atoms with E-state index in [0.717, 1.165) is 0 Å². The van der Waals surface area contributed by atoms with Crippen molar-refractivity contribution in [3.63, 3.8) is 0 Å². The summed E-state index contributed by atoms with van der Waals surface area (Å²) in [5.41, 5.74) is -2.31. The maximum Gasteiger partial charge on any atom is 0.459 e. The van der Waals surface area contributed by atoms with Gasteiger partial charge in [0.25, 0.3) is 5.56 Å². The lowest BCUT2D eigenvalue weighted by atomic mass is 9.96. The number of aliphatic hydroxyl groups excluding tert-OH is 1. The fourth-order valence-corrected chi connectivity index (χ4v) is 5.24. The summed E-state index contributed by atoms with van der Waals surface area (Å²) in [7, 11) is -3.08. The number of H-pyrrole nitrogens is 1. The molecule has 1 unspecified atom stereocenters. The van der Waals surface area contributed by atoms with Gasteiger partial charge >= 0.3 is 13.7 Å². The first-order valence-corrected chi connectivity index (χ1v) is 12.6. The Kier molecular flexibility index (Phi) is 8.56. The lowest BCUT2D eigenvalue weighted by molar-refractivity contribution is -0.142. The third-order valence-electron chi connectivity index (χ3n) is 5.21. The number of esters is 1. The van der Waals surface area contributed by atoms with E-state index in [9.17, 15) is 24.4 Å². The van der Waals surface area contributed by atoms with E-state index >= 15 is 0 Å². The van der Waals surface area contributed by atoms with E-state index in [-0.39, 0.29) is 10.5 Å². The monoisotopic (exact) mass is 549 g/mol. The van der Waals surface area contributed by atoms with Gasteiger partial charge in [0.05, 0.1) is 13.7 Å². The molecule has 192 valence electrons. The highest BCUT2D eigenvalue weighted by molar-refractivity contribution is 7.71. The van der Waals surface area contributed by atoms with Gasteiger partial charge in [0.2, 0.25) is 0 Å². The molecule has 1 saturated heterocycles. The molecule has 3 rings (SSSR count). The summed E-state index contributed by atoms with van der Waals surface area (Å²) in [4.78, 5) is 25.8. The number of methoxy groups -OCH3 is 1. The molecule has 0 aliphatic carbocycles. The van der Waals surface area contributed by atoms with E-state index in [1.807, 2.05) is 0 Å². The molecule has 2 aromatic rings. The third kappa shape index (κ3) is 6.38. The van der Waals surface area contributed by atoms with Gasteiger partial charge in [0, 0.05) is 17.3 Å². The number of nitrogens with one attached hydrogen (secondary N) is 2. The highest BCUT2D eigenvalue weighted by Crippen LogP contribution is 2.47. The molecule has 1 aromatic carbocycles. The van der Waals surface area contributed by atoms with Crippen LogP contribution in [0.1, 0.15) is 20.1 Å². The highest BCUT2D eigenvalue weighted by atomic mass is 35.5. The third-order valence-corrected chi connectivity index (χ3v) is 7.42. The molecule has 0 bridgehead atoms. The van der Waals surface area contributed by atoms with Crippen molar-refractivity contribution in [2.45, 2.75) is 43.9 Å². The quantitative estimate of drug-likeness (QED) is 0.205. The Morgan fingerprint density at radius 2 is 2.06 bits per heavy atom. The van der Waals surface area contributed by atoms with Gasteiger partial charge in [-0.15, -0.1) is 0 Å². The predicted molar refractivity (Wildman–Crippen MR) is 127 cm³/mol. The number of aromatic amines is 1. The van der Waals surface area contributed by atoms with Gasteiger partial charge in [-0.25, -0.2) is 4.57 Å². The summed E-state index contributed by atoms with van der Waals surface area (Å²) in [6.07, 6.45) is -2.59. The molecule has 0 amide bonds. The standard InChI is InChI=1S/C20H25ClN3O9PS/c1-11(17(27)30-3)23-34(29,33-13-6-4-12(21)5-7-13)31-10-14-16(26)20(2,28)18(32-14)24-9-8-15(25)22-19(24)35/h4-9,11,14,16,18,26,28H,10H2,1-3H3,(H,23,29)(H,22,25,35)/t11-,14+,16?,18+,20+,34+/m0/s1. The van der Waals surface area contributed by atoms with Crippen LogP contribution in [0, 0.1) is 4.77 Å². The zero-order valence-corrected chi connectivity index (χ0v) is 21.4. The second-order valence-corrected chi connectivity index (χ2v) is 10.4. The summed E-state index contributed by atoms with van der Waals surface area (Å²) < 4.78 is 36.2. The van der Waals surface area contributed by atoms with E-state index in [1.54, 1.807) is 0 Å². The van der Waals surface area contributed by atoms with Gasteiger partial charge < -0.3 is 24.2 Å². The molecule has 0 saturated carbocycles. The van der Waals surface area contributed by atoms with Crippen LogP contribution in [0.5, 0.6) is 5.75 Å². The normalized spacial score (nSPS) is 26.6. The van der Waals surface area contributed by atoms with Crippen LogP contribution >= 0.6 is 31.6 Å². The van der Waals surface area contributed by atoms with E-state index in [0.29, 0.717) is 5.02 Å². The average Bonchev–Trinajstić information content (AvgIpc) is 3.02. The molecule has 0 radical (unpaired) electrons. The topological polar surface area (TPSA) is 161 Å². The molecule has 1 aliphatic rings. The molecule has 1 fully saturated rings. The Balaban J connectivity index is 1.81. The zero-order chi connectivity index (χ0) is 26.0. The van der Waals surface area contributed by atoms with Crippen LogP contribution in [0.4, 0.5) is 0 Å². The van der Waals surface area contributed by atoms with Crippen molar-refractivity contribution in [3.05, 3.63) is 56.7 Å². The van der Waals surface area contributed by atoms with Gasteiger partial charge in [-0.1, -0.05) is 11.6 Å². The van der Waals surface area contributed by atoms with Crippen molar-refractivity contribution < 1.29 is 38.1 Å². The molecule has 12 nitrogen and oxygen atoms in total. The van der Waals surface area contributed by atoms with Crippen LogP contribution in [-0.2, 0) is 23.4 Å². The van der Waals surface area contributed by atoms with Gasteiger partial charge in [0.15, 0.2) is 11.0 Å². The number of halogens is 1. The van der Waals surface area contributed by atoms with Crippen LogP contribution in [0.3, 0.4) is 0 Å². The average molecular weight is 550 g/mol. The summed E-state index contributed by atoms with van der Waals surface area (Å²) >= 11 is 11.0. The van der Waals surface area contributed by atoms with Gasteiger partial charge in [-0.05, 0) is 50.3 Å². The molecule has 35 heavy (non-hydrogen) atoms. The first kappa shape index (κ1) is 27.5.